The van der Waals surface area contributed by atoms with Gasteiger partial charge in [-0.2, -0.15) is 0 Å². The Balaban J connectivity index is 2.17. The summed E-state index contributed by atoms with van der Waals surface area (Å²) in [5.74, 6) is 0.498. The van der Waals surface area contributed by atoms with Crippen molar-refractivity contribution in [1.82, 2.24) is 5.32 Å². The quantitative estimate of drug-likeness (QED) is 0.679. The molecule has 94 valence electrons. The van der Waals surface area contributed by atoms with Gasteiger partial charge in [-0.3, -0.25) is 4.79 Å². The van der Waals surface area contributed by atoms with E-state index in [-0.39, 0.29) is 12.0 Å². The molecule has 0 spiro atoms. The molecule has 1 fully saturated rings. The van der Waals surface area contributed by atoms with Gasteiger partial charge >= 0.3 is 5.97 Å². The molecule has 0 aromatic carbocycles. The zero-order valence-corrected chi connectivity index (χ0v) is 10.6. The molecule has 0 aromatic heterocycles. The molecule has 1 rings (SSSR count). The largest absolute Gasteiger partial charge is 0.464 e. The number of unbranched alkanes of at least 4 members (excludes halogenated alkanes) is 1. The van der Waals surface area contributed by atoms with Crippen LogP contribution in [0.25, 0.3) is 0 Å². The maximum atomic E-state index is 11.7. The van der Waals surface area contributed by atoms with Crippen LogP contribution in [-0.2, 0) is 9.53 Å². The smallest absolute Gasteiger partial charge is 0.323 e. The fraction of sp³-hybridized carbons (Fsp3) is 0.923. The topological polar surface area (TPSA) is 38.3 Å². The molecule has 0 radical (unpaired) electrons. The Hall–Kier alpha value is -0.570. The lowest BCUT2D eigenvalue weighted by Gasteiger charge is -2.16. The highest BCUT2D eigenvalue weighted by Gasteiger charge is 2.23. The highest BCUT2D eigenvalue weighted by Crippen LogP contribution is 2.14. The number of hydrogen-bond donors (Lipinski definition) is 1. The van der Waals surface area contributed by atoms with Crippen molar-refractivity contribution in [2.24, 2.45) is 5.92 Å². The average Bonchev–Trinajstić information content (AvgIpc) is 2.82. The zero-order chi connectivity index (χ0) is 11.8. The maximum Gasteiger partial charge on any atom is 0.323 e. The maximum absolute atomic E-state index is 11.7. The Morgan fingerprint density at radius 3 is 2.88 bits per heavy atom. The van der Waals surface area contributed by atoms with Gasteiger partial charge in [-0.25, -0.2) is 0 Å². The van der Waals surface area contributed by atoms with Crippen LogP contribution in [0.1, 0.15) is 52.4 Å². The summed E-state index contributed by atoms with van der Waals surface area (Å²) in [6.07, 6.45) is 6.76. The number of ether oxygens (including phenoxy) is 1. The van der Waals surface area contributed by atoms with Crippen molar-refractivity contribution in [3.05, 3.63) is 0 Å². The molecule has 1 N–H and O–H groups in total. The molecule has 1 unspecified atom stereocenters. The van der Waals surface area contributed by atoms with Crippen molar-refractivity contribution >= 4 is 5.97 Å². The van der Waals surface area contributed by atoms with Crippen LogP contribution in [-0.4, -0.2) is 25.2 Å². The van der Waals surface area contributed by atoms with Crippen LogP contribution >= 0.6 is 0 Å². The van der Waals surface area contributed by atoms with E-state index in [4.69, 9.17) is 4.74 Å². The van der Waals surface area contributed by atoms with Crippen molar-refractivity contribution in [3.8, 4) is 0 Å². The molecule has 2 atom stereocenters. The van der Waals surface area contributed by atoms with Gasteiger partial charge in [0, 0.05) is 0 Å². The first-order valence-electron chi connectivity index (χ1n) is 6.68. The molecule has 16 heavy (non-hydrogen) atoms. The second-order valence-electron chi connectivity index (χ2n) is 4.70. The molecule has 1 aliphatic heterocycles. The van der Waals surface area contributed by atoms with Crippen molar-refractivity contribution in [2.45, 2.75) is 58.4 Å². The van der Waals surface area contributed by atoms with Crippen LogP contribution in [0.15, 0.2) is 0 Å². The van der Waals surface area contributed by atoms with Gasteiger partial charge < -0.3 is 10.1 Å². The molecule has 0 bridgehead atoms. The van der Waals surface area contributed by atoms with Gasteiger partial charge in [0.1, 0.15) is 6.04 Å². The SMILES string of the molecule is CCCCC(CC)COC(=O)[C@@H]1CCCN1. The number of carbonyl (C=O) groups is 1. The summed E-state index contributed by atoms with van der Waals surface area (Å²) in [7, 11) is 0. The molecule has 1 heterocycles. The molecule has 1 aliphatic rings. The lowest BCUT2D eigenvalue weighted by molar-refractivity contribution is -0.147. The minimum atomic E-state index is -0.0487. The van der Waals surface area contributed by atoms with E-state index in [1.54, 1.807) is 0 Å². The third-order valence-electron chi connectivity index (χ3n) is 3.35. The summed E-state index contributed by atoms with van der Waals surface area (Å²) in [6.45, 7) is 5.92. The standard InChI is InChI=1S/C13H25NO2/c1-3-5-7-11(4-2)10-16-13(15)12-8-6-9-14-12/h11-12,14H,3-10H2,1-2H3/t11?,12-/m0/s1. The van der Waals surface area contributed by atoms with Crippen LogP contribution in [0.5, 0.6) is 0 Å². The lowest BCUT2D eigenvalue weighted by atomic mass is 10.0. The number of nitrogens with one attached hydrogen (secondary N) is 1. The molecule has 0 aromatic rings. The van der Waals surface area contributed by atoms with Crippen molar-refractivity contribution < 1.29 is 9.53 Å². The van der Waals surface area contributed by atoms with Crippen LogP contribution in [0.3, 0.4) is 0 Å². The molecule has 3 heteroatoms. The first kappa shape index (κ1) is 13.5. The highest BCUT2D eigenvalue weighted by atomic mass is 16.5. The first-order chi connectivity index (χ1) is 7.77. The fourth-order valence-electron chi connectivity index (χ4n) is 2.08. The van der Waals surface area contributed by atoms with Crippen molar-refractivity contribution in [1.29, 1.82) is 0 Å². The zero-order valence-electron chi connectivity index (χ0n) is 10.6. The summed E-state index contributed by atoms with van der Waals surface area (Å²) < 4.78 is 5.37. The van der Waals surface area contributed by atoms with Gasteiger partial charge in [0.15, 0.2) is 0 Å². The summed E-state index contributed by atoms with van der Waals surface area (Å²) in [5, 5.41) is 3.17. The van der Waals surface area contributed by atoms with E-state index in [0.717, 1.165) is 25.8 Å². The summed E-state index contributed by atoms with van der Waals surface area (Å²) in [6, 6.07) is -0.0383. The molecule has 0 aliphatic carbocycles. The predicted molar refractivity (Wildman–Crippen MR) is 65.3 cm³/mol. The summed E-state index contributed by atoms with van der Waals surface area (Å²) in [5.41, 5.74) is 0. The number of rotatable bonds is 7. The van der Waals surface area contributed by atoms with E-state index in [1.807, 2.05) is 0 Å². The van der Waals surface area contributed by atoms with Gasteiger partial charge in [0.05, 0.1) is 6.61 Å². The third-order valence-corrected chi connectivity index (χ3v) is 3.35. The Labute approximate surface area is 98.9 Å². The van der Waals surface area contributed by atoms with Crippen LogP contribution in [0.4, 0.5) is 0 Å². The van der Waals surface area contributed by atoms with E-state index in [2.05, 4.69) is 19.2 Å². The van der Waals surface area contributed by atoms with E-state index in [9.17, 15) is 4.79 Å². The van der Waals surface area contributed by atoms with Gasteiger partial charge in [0.25, 0.3) is 0 Å². The van der Waals surface area contributed by atoms with Gasteiger partial charge in [-0.1, -0.05) is 33.1 Å². The molecule has 3 nitrogen and oxygen atoms in total. The monoisotopic (exact) mass is 227 g/mol. The minimum absolute atomic E-state index is 0.0383. The molecular formula is C13H25NO2. The summed E-state index contributed by atoms with van der Waals surface area (Å²) >= 11 is 0. The Morgan fingerprint density at radius 2 is 2.31 bits per heavy atom. The average molecular weight is 227 g/mol. The second-order valence-corrected chi connectivity index (χ2v) is 4.70. The number of hydrogen-bond acceptors (Lipinski definition) is 3. The Morgan fingerprint density at radius 1 is 1.50 bits per heavy atom. The number of esters is 1. The molecule has 0 amide bonds. The van der Waals surface area contributed by atoms with Gasteiger partial charge in [-0.05, 0) is 31.7 Å². The predicted octanol–water partition coefficient (Wildman–Crippen LogP) is 2.50. The molecule has 0 saturated carbocycles. The molecule has 1 saturated heterocycles. The van der Waals surface area contributed by atoms with E-state index >= 15 is 0 Å². The minimum Gasteiger partial charge on any atom is -0.464 e. The van der Waals surface area contributed by atoms with Crippen LogP contribution < -0.4 is 5.32 Å². The van der Waals surface area contributed by atoms with Crippen LogP contribution in [0, 0.1) is 5.92 Å². The molecular weight excluding hydrogens is 202 g/mol. The van der Waals surface area contributed by atoms with Crippen molar-refractivity contribution in [3.63, 3.8) is 0 Å². The second kappa shape index (κ2) is 7.66. The highest BCUT2D eigenvalue weighted by molar-refractivity contribution is 5.76. The normalized spacial score (nSPS) is 22.0. The Kier molecular flexibility index (Phi) is 6.46. The fourth-order valence-corrected chi connectivity index (χ4v) is 2.08. The van der Waals surface area contributed by atoms with E-state index < -0.39 is 0 Å². The van der Waals surface area contributed by atoms with Crippen LogP contribution in [0.2, 0.25) is 0 Å². The van der Waals surface area contributed by atoms with E-state index in [0.29, 0.717) is 12.5 Å². The van der Waals surface area contributed by atoms with Crippen molar-refractivity contribution in [2.75, 3.05) is 13.2 Å². The first-order valence-corrected chi connectivity index (χ1v) is 6.68. The third kappa shape index (κ3) is 4.52. The lowest BCUT2D eigenvalue weighted by Crippen LogP contribution is -2.33. The summed E-state index contributed by atoms with van der Waals surface area (Å²) in [4.78, 5) is 11.7. The Bertz CT molecular complexity index is 200. The van der Waals surface area contributed by atoms with Gasteiger partial charge in [0.2, 0.25) is 0 Å². The van der Waals surface area contributed by atoms with E-state index in [1.165, 1.54) is 19.3 Å². The van der Waals surface area contributed by atoms with Gasteiger partial charge in [-0.15, -0.1) is 0 Å². The number of carbonyl (C=O) groups excluding carboxylic acids is 1.